The van der Waals surface area contributed by atoms with E-state index in [4.69, 9.17) is 16.3 Å². The third-order valence-electron chi connectivity index (χ3n) is 6.16. The Bertz CT molecular complexity index is 1050. The van der Waals surface area contributed by atoms with Crippen LogP contribution in [0.2, 0.25) is 5.02 Å². The molecule has 0 bridgehead atoms. The van der Waals surface area contributed by atoms with E-state index in [0.29, 0.717) is 10.6 Å². The maximum Gasteiger partial charge on any atom is 0.336 e. The largest absolute Gasteiger partial charge is 0.494 e. The van der Waals surface area contributed by atoms with Gasteiger partial charge in [0.1, 0.15) is 5.75 Å². The third-order valence-corrected chi connectivity index (χ3v) is 6.46. The second-order valence-electron chi connectivity index (χ2n) is 7.88. The average molecular weight is 400 g/mol. The first-order valence-corrected chi connectivity index (χ1v) is 10.4. The van der Waals surface area contributed by atoms with Crippen LogP contribution >= 0.6 is 11.6 Å². The van der Waals surface area contributed by atoms with E-state index in [1.165, 1.54) is 32.1 Å². The van der Waals surface area contributed by atoms with Crippen molar-refractivity contribution < 1.29 is 14.6 Å². The van der Waals surface area contributed by atoms with Crippen LogP contribution < -0.4 is 4.74 Å². The molecular formula is C23H26ClNO3. The summed E-state index contributed by atoms with van der Waals surface area (Å²) in [6.07, 6.45) is 7.59. The highest BCUT2D eigenvalue weighted by molar-refractivity contribution is 6.37. The van der Waals surface area contributed by atoms with E-state index < -0.39 is 5.97 Å². The predicted octanol–water partition coefficient (Wildman–Crippen LogP) is 6.43. The van der Waals surface area contributed by atoms with Gasteiger partial charge >= 0.3 is 5.97 Å². The van der Waals surface area contributed by atoms with Gasteiger partial charge in [-0.15, -0.1) is 0 Å². The molecule has 0 spiro atoms. The van der Waals surface area contributed by atoms with Crippen LogP contribution in [-0.2, 0) is 6.54 Å². The molecule has 1 saturated carbocycles. The van der Waals surface area contributed by atoms with E-state index >= 15 is 0 Å². The molecule has 0 aliphatic heterocycles. The van der Waals surface area contributed by atoms with E-state index in [-0.39, 0.29) is 0 Å². The number of hydrogen-bond donors (Lipinski definition) is 1. The summed E-state index contributed by atoms with van der Waals surface area (Å²) in [5, 5.41) is 12.1. The number of halogens is 1. The summed E-state index contributed by atoms with van der Waals surface area (Å²) in [7, 11) is 1.65. The lowest BCUT2D eigenvalue weighted by Crippen LogP contribution is -2.10. The van der Waals surface area contributed by atoms with Crippen molar-refractivity contribution in [3.63, 3.8) is 0 Å². The van der Waals surface area contributed by atoms with Crippen LogP contribution in [-0.4, -0.2) is 22.8 Å². The summed E-state index contributed by atoms with van der Waals surface area (Å²) in [6, 6.07) is 7.42. The van der Waals surface area contributed by atoms with Gasteiger partial charge in [0, 0.05) is 17.3 Å². The van der Waals surface area contributed by atoms with Gasteiger partial charge in [0.2, 0.25) is 0 Å². The maximum absolute atomic E-state index is 12.0. The number of carbonyl (C=O) groups is 1. The van der Waals surface area contributed by atoms with E-state index in [1.807, 2.05) is 25.1 Å². The maximum atomic E-state index is 12.0. The molecule has 148 valence electrons. The average Bonchev–Trinajstić information content (AvgIpc) is 3.02. The van der Waals surface area contributed by atoms with Crippen molar-refractivity contribution in [1.29, 1.82) is 0 Å². The topological polar surface area (TPSA) is 51.5 Å². The molecule has 1 aliphatic rings. The van der Waals surface area contributed by atoms with Crippen molar-refractivity contribution in [2.24, 2.45) is 5.92 Å². The molecule has 1 aliphatic carbocycles. The van der Waals surface area contributed by atoms with Crippen LogP contribution in [0.25, 0.3) is 21.8 Å². The molecule has 0 amide bonds. The Hall–Kier alpha value is -2.20. The van der Waals surface area contributed by atoms with Gasteiger partial charge < -0.3 is 14.4 Å². The summed E-state index contributed by atoms with van der Waals surface area (Å²) < 4.78 is 7.93. The molecule has 1 aromatic heterocycles. The van der Waals surface area contributed by atoms with Gasteiger partial charge in [-0.2, -0.15) is 0 Å². The number of methoxy groups -OCH3 is 1. The highest BCUT2D eigenvalue weighted by Crippen LogP contribution is 2.42. The second kappa shape index (κ2) is 7.67. The fourth-order valence-electron chi connectivity index (χ4n) is 4.85. The van der Waals surface area contributed by atoms with Gasteiger partial charge in [-0.1, -0.05) is 55.8 Å². The lowest BCUT2D eigenvalue weighted by molar-refractivity contribution is 0.0699. The molecule has 28 heavy (non-hydrogen) atoms. The van der Waals surface area contributed by atoms with Gasteiger partial charge in [0.15, 0.2) is 0 Å². The van der Waals surface area contributed by atoms with E-state index in [2.05, 4.69) is 4.57 Å². The number of nitrogens with zero attached hydrogens (tertiary/aromatic N) is 1. The Kier molecular flexibility index (Phi) is 5.24. The first-order valence-electron chi connectivity index (χ1n) is 10.0. The van der Waals surface area contributed by atoms with Crippen molar-refractivity contribution in [3.8, 4) is 5.75 Å². The monoisotopic (exact) mass is 399 g/mol. The van der Waals surface area contributed by atoms with Crippen LogP contribution in [0, 0.1) is 12.8 Å². The van der Waals surface area contributed by atoms with Crippen LogP contribution in [0.3, 0.4) is 0 Å². The Morgan fingerprint density at radius 1 is 1.25 bits per heavy atom. The molecule has 0 unspecified atom stereocenters. The predicted molar refractivity (Wildman–Crippen MR) is 114 cm³/mol. The van der Waals surface area contributed by atoms with Gasteiger partial charge in [-0.05, 0) is 37.0 Å². The van der Waals surface area contributed by atoms with Gasteiger partial charge in [0.25, 0.3) is 0 Å². The zero-order valence-electron chi connectivity index (χ0n) is 16.4. The van der Waals surface area contributed by atoms with E-state index in [0.717, 1.165) is 52.0 Å². The van der Waals surface area contributed by atoms with Crippen LogP contribution in [0.5, 0.6) is 5.75 Å². The van der Waals surface area contributed by atoms with Gasteiger partial charge in [0.05, 0.1) is 28.7 Å². The van der Waals surface area contributed by atoms with Crippen LogP contribution in [0.1, 0.15) is 54.4 Å². The first kappa shape index (κ1) is 19.1. The zero-order chi connectivity index (χ0) is 19.8. The first-order chi connectivity index (χ1) is 13.5. The molecule has 1 heterocycles. The third kappa shape index (κ3) is 3.14. The summed E-state index contributed by atoms with van der Waals surface area (Å²) in [5.74, 6) is 0.524. The number of aromatic carboxylic acids is 1. The van der Waals surface area contributed by atoms with Crippen molar-refractivity contribution in [3.05, 3.63) is 40.4 Å². The summed E-state index contributed by atoms with van der Waals surface area (Å²) in [6.45, 7) is 2.71. The van der Waals surface area contributed by atoms with Gasteiger partial charge in [-0.3, -0.25) is 0 Å². The normalized spacial score (nSPS) is 15.4. The SMILES string of the molecule is COc1c(C)cc(C(=O)O)c2c3cccc(Cl)c3n(CCC3CCCCC3)c12. The smallest absolute Gasteiger partial charge is 0.336 e. The minimum absolute atomic E-state index is 0.303. The standard InChI is InChI=1S/C23H26ClNO3/c1-14-13-17(23(26)27)19-16-9-6-10-18(24)20(16)25(21(19)22(14)28-2)12-11-15-7-4-3-5-8-15/h6,9-10,13,15H,3-5,7-8,11-12H2,1-2H3,(H,26,27). The molecule has 1 N–H and O–H groups in total. The number of hydrogen-bond acceptors (Lipinski definition) is 2. The fourth-order valence-corrected chi connectivity index (χ4v) is 5.13. The minimum Gasteiger partial charge on any atom is -0.494 e. The second-order valence-corrected chi connectivity index (χ2v) is 8.29. The Balaban J connectivity index is 1.98. The van der Waals surface area contributed by atoms with Crippen molar-refractivity contribution >= 4 is 39.4 Å². The molecule has 3 aromatic rings. The number of benzene rings is 2. The molecule has 5 heteroatoms. The van der Waals surface area contributed by atoms with Crippen molar-refractivity contribution in [2.75, 3.05) is 7.11 Å². The van der Waals surface area contributed by atoms with Gasteiger partial charge in [-0.25, -0.2) is 4.79 Å². The molecule has 4 rings (SSSR count). The highest BCUT2D eigenvalue weighted by atomic mass is 35.5. The van der Waals surface area contributed by atoms with Crippen molar-refractivity contribution in [1.82, 2.24) is 4.57 Å². The summed E-state index contributed by atoms with van der Waals surface area (Å²) in [4.78, 5) is 12.0. The molecular weight excluding hydrogens is 374 g/mol. The zero-order valence-corrected chi connectivity index (χ0v) is 17.2. The highest BCUT2D eigenvalue weighted by Gasteiger charge is 2.24. The lowest BCUT2D eigenvalue weighted by Gasteiger charge is -2.22. The molecule has 1 fully saturated rings. The van der Waals surface area contributed by atoms with E-state index in [9.17, 15) is 9.90 Å². The van der Waals surface area contributed by atoms with Crippen molar-refractivity contribution in [2.45, 2.75) is 52.0 Å². The number of para-hydroxylation sites is 1. The summed E-state index contributed by atoms with van der Waals surface area (Å²) in [5.41, 5.74) is 2.88. The number of rotatable bonds is 5. The quantitative estimate of drug-likeness (QED) is 0.537. The number of fused-ring (bicyclic) bond motifs is 3. The van der Waals surface area contributed by atoms with Crippen LogP contribution in [0.4, 0.5) is 0 Å². The fraction of sp³-hybridized carbons (Fsp3) is 0.435. The van der Waals surface area contributed by atoms with E-state index in [1.54, 1.807) is 13.2 Å². The molecule has 0 atom stereocenters. The number of carboxylic acid groups (broad SMARTS) is 1. The Morgan fingerprint density at radius 3 is 2.68 bits per heavy atom. The Morgan fingerprint density at radius 2 is 2.00 bits per heavy atom. The Labute approximate surface area is 170 Å². The number of ether oxygens (including phenoxy) is 1. The number of carboxylic acids is 1. The number of aromatic nitrogens is 1. The molecule has 0 radical (unpaired) electrons. The molecule has 0 saturated heterocycles. The lowest BCUT2D eigenvalue weighted by atomic mass is 9.87. The molecule has 2 aromatic carbocycles. The molecule has 4 nitrogen and oxygen atoms in total. The number of aryl methyl sites for hydroxylation is 2. The van der Waals surface area contributed by atoms with Crippen LogP contribution in [0.15, 0.2) is 24.3 Å². The summed E-state index contributed by atoms with van der Waals surface area (Å²) >= 11 is 6.61. The minimum atomic E-state index is -0.929.